The summed E-state index contributed by atoms with van der Waals surface area (Å²) in [7, 11) is 0. The number of nitrogens with one attached hydrogen (secondary N) is 1. The van der Waals surface area contributed by atoms with Gasteiger partial charge in [-0.2, -0.15) is 5.10 Å². The zero-order valence-electron chi connectivity index (χ0n) is 13.8. The number of hydrogen-bond acceptors (Lipinski definition) is 5. The molecule has 26 heavy (non-hydrogen) atoms. The number of hydrogen-bond donors (Lipinski definition) is 1. The molecule has 1 heterocycles. The van der Waals surface area contributed by atoms with E-state index in [2.05, 4.69) is 15.4 Å². The van der Waals surface area contributed by atoms with E-state index >= 15 is 0 Å². The van der Waals surface area contributed by atoms with Crippen molar-refractivity contribution in [3.8, 4) is 5.69 Å². The van der Waals surface area contributed by atoms with Crippen LogP contribution in [-0.4, -0.2) is 32.7 Å². The van der Waals surface area contributed by atoms with E-state index in [1.807, 2.05) is 0 Å². The van der Waals surface area contributed by atoms with Crippen LogP contribution in [0.1, 0.15) is 17.3 Å². The lowest BCUT2D eigenvalue weighted by Gasteiger charge is -2.14. The van der Waals surface area contributed by atoms with E-state index in [0.29, 0.717) is 16.3 Å². The fourth-order valence-electron chi connectivity index (χ4n) is 2.18. The van der Waals surface area contributed by atoms with Crippen molar-refractivity contribution in [3.63, 3.8) is 0 Å². The van der Waals surface area contributed by atoms with Gasteiger partial charge in [0.25, 0.3) is 5.91 Å². The van der Waals surface area contributed by atoms with Gasteiger partial charge >= 0.3 is 5.97 Å². The topological polar surface area (TPSA) is 86.1 Å². The van der Waals surface area contributed by atoms with Crippen LogP contribution in [-0.2, 0) is 9.53 Å². The summed E-state index contributed by atoms with van der Waals surface area (Å²) in [6.07, 6.45) is 2.01. The number of carbonyl (C=O) groups is 2. The third kappa shape index (κ3) is 4.25. The Kier molecular flexibility index (Phi) is 5.28. The SMILES string of the molecule is C[C@H](OC(=O)c1ccc(-n2cncn2)cc1)C(=O)Nc1cccc(Cl)c1. The molecule has 0 spiro atoms. The van der Waals surface area contributed by atoms with Crippen molar-refractivity contribution in [2.75, 3.05) is 5.32 Å². The van der Waals surface area contributed by atoms with Gasteiger partial charge in [-0.05, 0) is 49.4 Å². The average Bonchev–Trinajstić information content (AvgIpc) is 3.16. The summed E-state index contributed by atoms with van der Waals surface area (Å²) in [5.41, 5.74) is 1.62. The zero-order chi connectivity index (χ0) is 18.5. The van der Waals surface area contributed by atoms with Crippen molar-refractivity contribution in [3.05, 3.63) is 71.8 Å². The number of carbonyl (C=O) groups excluding carboxylic acids is 2. The first kappa shape index (κ1) is 17.6. The standard InChI is InChI=1S/C18H15ClN4O3/c1-12(17(24)22-15-4-2-3-14(19)9-15)26-18(25)13-5-7-16(8-6-13)23-11-20-10-21-23/h2-12H,1H3,(H,22,24)/t12-/m0/s1. The number of amides is 1. The molecule has 0 saturated heterocycles. The Bertz CT molecular complexity index is 910. The minimum absolute atomic E-state index is 0.330. The Morgan fingerprint density at radius 3 is 2.62 bits per heavy atom. The first-order valence-electron chi connectivity index (χ1n) is 7.75. The number of ether oxygens (including phenoxy) is 1. The van der Waals surface area contributed by atoms with Crippen LogP contribution < -0.4 is 5.32 Å². The molecule has 1 N–H and O–H groups in total. The maximum atomic E-state index is 12.2. The van der Waals surface area contributed by atoms with Crippen molar-refractivity contribution in [2.45, 2.75) is 13.0 Å². The molecule has 1 amide bonds. The van der Waals surface area contributed by atoms with Gasteiger partial charge in [-0.15, -0.1) is 0 Å². The molecule has 0 aliphatic heterocycles. The maximum Gasteiger partial charge on any atom is 0.338 e. The first-order valence-corrected chi connectivity index (χ1v) is 8.13. The molecule has 0 saturated carbocycles. The molecule has 0 radical (unpaired) electrons. The number of halogens is 1. The molecule has 3 aromatic rings. The molecule has 1 aromatic heterocycles. The molecule has 0 aliphatic rings. The summed E-state index contributed by atoms with van der Waals surface area (Å²) >= 11 is 5.88. The van der Waals surface area contributed by atoms with Gasteiger partial charge in [-0.25, -0.2) is 14.5 Å². The summed E-state index contributed by atoms with van der Waals surface area (Å²) in [6.45, 7) is 1.50. The molecule has 3 rings (SSSR count). The Morgan fingerprint density at radius 2 is 1.96 bits per heavy atom. The van der Waals surface area contributed by atoms with E-state index in [4.69, 9.17) is 16.3 Å². The molecule has 8 heteroatoms. The highest BCUT2D eigenvalue weighted by Gasteiger charge is 2.19. The quantitative estimate of drug-likeness (QED) is 0.697. The normalized spacial score (nSPS) is 11.6. The summed E-state index contributed by atoms with van der Waals surface area (Å²) in [5.74, 6) is -1.04. The number of aromatic nitrogens is 3. The van der Waals surface area contributed by atoms with Crippen molar-refractivity contribution in [2.24, 2.45) is 0 Å². The molecular formula is C18H15ClN4O3. The second-order valence-electron chi connectivity index (χ2n) is 5.43. The molecule has 0 bridgehead atoms. The third-order valence-electron chi connectivity index (χ3n) is 3.53. The van der Waals surface area contributed by atoms with Gasteiger partial charge in [-0.1, -0.05) is 17.7 Å². The van der Waals surface area contributed by atoms with Crippen LogP contribution in [0.5, 0.6) is 0 Å². The Labute approximate surface area is 154 Å². The van der Waals surface area contributed by atoms with Gasteiger partial charge in [0.05, 0.1) is 11.3 Å². The average molecular weight is 371 g/mol. The second-order valence-corrected chi connectivity index (χ2v) is 5.87. The van der Waals surface area contributed by atoms with Gasteiger partial charge in [0.2, 0.25) is 0 Å². The smallest absolute Gasteiger partial charge is 0.338 e. The minimum Gasteiger partial charge on any atom is -0.449 e. The first-order chi connectivity index (χ1) is 12.5. The molecular weight excluding hydrogens is 356 g/mol. The van der Waals surface area contributed by atoms with Crippen LogP contribution in [0.4, 0.5) is 5.69 Å². The fraction of sp³-hybridized carbons (Fsp3) is 0.111. The summed E-state index contributed by atoms with van der Waals surface area (Å²) in [6, 6.07) is 13.3. The highest BCUT2D eigenvalue weighted by atomic mass is 35.5. The van der Waals surface area contributed by atoms with Crippen LogP contribution in [0.2, 0.25) is 5.02 Å². The van der Waals surface area contributed by atoms with Gasteiger partial charge in [0.1, 0.15) is 12.7 Å². The fourth-order valence-corrected chi connectivity index (χ4v) is 2.37. The Morgan fingerprint density at radius 1 is 1.19 bits per heavy atom. The Balaban J connectivity index is 1.60. The molecule has 0 aliphatic carbocycles. The molecule has 2 aromatic carbocycles. The number of rotatable bonds is 5. The van der Waals surface area contributed by atoms with Gasteiger partial charge in [-0.3, -0.25) is 4.79 Å². The van der Waals surface area contributed by atoms with Gasteiger partial charge in [0.15, 0.2) is 6.10 Å². The lowest BCUT2D eigenvalue weighted by molar-refractivity contribution is -0.123. The van der Waals surface area contributed by atoms with Crippen molar-refractivity contribution < 1.29 is 14.3 Å². The summed E-state index contributed by atoms with van der Waals surface area (Å²) in [5, 5.41) is 7.15. The van der Waals surface area contributed by atoms with Gasteiger partial charge in [0, 0.05) is 10.7 Å². The maximum absolute atomic E-state index is 12.2. The van der Waals surface area contributed by atoms with Crippen molar-refractivity contribution >= 4 is 29.2 Å². The minimum atomic E-state index is -0.962. The highest BCUT2D eigenvalue weighted by molar-refractivity contribution is 6.30. The lowest BCUT2D eigenvalue weighted by atomic mass is 10.2. The number of anilines is 1. The molecule has 7 nitrogen and oxygen atoms in total. The van der Waals surface area contributed by atoms with E-state index in [-0.39, 0.29) is 0 Å². The van der Waals surface area contributed by atoms with E-state index in [0.717, 1.165) is 5.69 Å². The summed E-state index contributed by atoms with van der Waals surface area (Å²) < 4.78 is 6.78. The predicted octanol–water partition coefficient (Wildman–Crippen LogP) is 3.10. The number of esters is 1. The largest absolute Gasteiger partial charge is 0.449 e. The van der Waals surface area contributed by atoms with Crippen molar-refractivity contribution in [1.82, 2.24) is 14.8 Å². The van der Waals surface area contributed by atoms with Crippen LogP contribution in [0.25, 0.3) is 5.69 Å². The van der Waals surface area contributed by atoms with Crippen LogP contribution in [0.15, 0.2) is 61.2 Å². The van der Waals surface area contributed by atoms with E-state index < -0.39 is 18.0 Å². The van der Waals surface area contributed by atoms with E-state index in [1.165, 1.54) is 13.3 Å². The third-order valence-corrected chi connectivity index (χ3v) is 3.77. The second kappa shape index (κ2) is 7.79. The van der Waals surface area contributed by atoms with Crippen LogP contribution >= 0.6 is 11.6 Å². The summed E-state index contributed by atoms with van der Waals surface area (Å²) in [4.78, 5) is 28.2. The van der Waals surface area contributed by atoms with Crippen molar-refractivity contribution in [1.29, 1.82) is 0 Å². The predicted molar refractivity (Wildman–Crippen MR) is 96.3 cm³/mol. The Hall–Kier alpha value is -3.19. The van der Waals surface area contributed by atoms with Crippen LogP contribution in [0, 0.1) is 0 Å². The highest BCUT2D eigenvalue weighted by Crippen LogP contribution is 2.16. The monoisotopic (exact) mass is 370 g/mol. The molecule has 0 unspecified atom stereocenters. The zero-order valence-corrected chi connectivity index (χ0v) is 14.6. The molecule has 0 fully saturated rings. The molecule has 132 valence electrons. The number of nitrogens with zero attached hydrogens (tertiary/aromatic N) is 3. The molecule has 1 atom stereocenters. The number of benzene rings is 2. The van der Waals surface area contributed by atoms with Crippen LogP contribution in [0.3, 0.4) is 0 Å². The lowest BCUT2D eigenvalue weighted by Crippen LogP contribution is -2.30. The van der Waals surface area contributed by atoms with E-state index in [1.54, 1.807) is 59.5 Å². The van der Waals surface area contributed by atoms with Gasteiger partial charge < -0.3 is 10.1 Å². The van der Waals surface area contributed by atoms with E-state index in [9.17, 15) is 9.59 Å².